The fourth-order valence-electron chi connectivity index (χ4n) is 3.57. The van der Waals surface area contributed by atoms with E-state index in [2.05, 4.69) is 5.32 Å². The minimum absolute atomic E-state index is 0.0300. The number of ether oxygens (including phenoxy) is 1. The first-order chi connectivity index (χ1) is 13.1. The molecule has 1 aliphatic carbocycles. The molecular weight excluding hydrogens is 340 g/mol. The molecule has 2 aliphatic rings. The summed E-state index contributed by atoms with van der Waals surface area (Å²) in [5, 5.41) is 3.09. The molecule has 0 bridgehead atoms. The lowest BCUT2D eigenvalue weighted by Gasteiger charge is -2.21. The number of nitrogens with zero attached hydrogens (tertiary/aromatic N) is 1. The lowest BCUT2D eigenvalue weighted by molar-refractivity contribution is -0.132. The summed E-state index contributed by atoms with van der Waals surface area (Å²) >= 11 is 0. The molecule has 1 saturated carbocycles. The van der Waals surface area contributed by atoms with Gasteiger partial charge in [-0.2, -0.15) is 0 Å². The van der Waals surface area contributed by atoms with Crippen LogP contribution in [-0.4, -0.2) is 36.4 Å². The lowest BCUT2D eigenvalue weighted by Crippen LogP contribution is -2.32. The van der Waals surface area contributed by atoms with Crippen molar-refractivity contribution in [2.24, 2.45) is 5.92 Å². The number of benzene rings is 1. The van der Waals surface area contributed by atoms with Crippen molar-refractivity contribution in [2.75, 3.05) is 19.7 Å². The number of amides is 2. The highest BCUT2D eigenvalue weighted by molar-refractivity contribution is 5.88. The standard InChI is InChI=1S/C22H30N2O3/c1-3-19(23-21(25)14-16(2)17-10-11-17)18-8-4-5-9-20(18)27-15-22(26)24-12-6-7-13-24/h4-5,8-9,14,17,19H,3,6-7,10-13,15H2,1-2H3,(H,23,25)/b16-14-/t19-/m1/s1. The Morgan fingerprint density at radius 1 is 1.26 bits per heavy atom. The number of allylic oxidation sites excluding steroid dienone is 1. The summed E-state index contributed by atoms with van der Waals surface area (Å²) in [6, 6.07) is 7.52. The van der Waals surface area contributed by atoms with Crippen LogP contribution in [-0.2, 0) is 9.59 Å². The SMILES string of the molecule is CC[C@@H](NC(=O)/C=C(/C)C1CC1)c1ccccc1OCC(=O)N1CCCC1. The van der Waals surface area contributed by atoms with Gasteiger partial charge >= 0.3 is 0 Å². The second-order valence-electron chi connectivity index (χ2n) is 7.55. The average molecular weight is 370 g/mol. The zero-order valence-corrected chi connectivity index (χ0v) is 16.4. The molecule has 27 heavy (non-hydrogen) atoms. The van der Waals surface area contributed by atoms with Gasteiger partial charge in [0, 0.05) is 24.7 Å². The van der Waals surface area contributed by atoms with Gasteiger partial charge in [0.15, 0.2) is 6.61 Å². The molecule has 2 amide bonds. The zero-order valence-electron chi connectivity index (χ0n) is 16.4. The number of para-hydroxylation sites is 1. The van der Waals surface area contributed by atoms with E-state index in [1.165, 1.54) is 12.8 Å². The van der Waals surface area contributed by atoms with Gasteiger partial charge in [0.1, 0.15) is 5.75 Å². The number of hydrogen-bond donors (Lipinski definition) is 1. The van der Waals surface area contributed by atoms with Crippen LogP contribution in [0.15, 0.2) is 35.9 Å². The molecule has 1 N–H and O–H groups in total. The molecule has 0 spiro atoms. The van der Waals surface area contributed by atoms with Crippen LogP contribution in [0.2, 0.25) is 0 Å². The molecule has 146 valence electrons. The van der Waals surface area contributed by atoms with Gasteiger partial charge in [-0.25, -0.2) is 0 Å². The molecule has 2 fully saturated rings. The maximum absolute atomic E-state index is 12.4. The maximum Gasteiger partial charge on any atom is 0.260 e. The molecule has 1 atom stereocenters. The van der Waals surface area contributed by atoms with E-state index >= 15 is 0 Å². The largest absolute Gasteiger partial charge is 0.483 e. The van der Waals surface area contributed by atoms with Crippen LogP contribution < -0.4 is 10.1 Å². The smallest absolute Gasteiger partial charge is 0.260 e. The lowest BCUT2D eigenvalue weighted by atomic mass is 10.0. The van der Waals surface area contributed by atoms with Gasteiger partial charge in [0.2, 0.25) is 5.91 Å². The van der Waals surface area contributed by atoms with Gasteiger partial charge in [-0.3, -0.25) is 9.59 Å². The first-order valence-electron chi connectivity index (χ1n) is 10.1. The first kappa shape index (κ1) is 19.5. The van der Waals surface area contributed by atoms with Crippen LogP contribution >= 0.6 is 0 Å². The van der Waals surface area contributed by atoms with Crippen molar-refractivity contribution in [1.82, 2.24) is 10.2 Å². The summed E-state index contributed by atoms with van der Waals surface area (Å²) < 4.78 is 5.85. The average Bonchev–Trinajstić information content (AvgIpc) is 3.39. The second-order valence-corrected chi connectivity index (χ2v) is 7.55. The van der Waals surface area contributed by atoms with Gasteiger partial charge in [0.05, 0.1) is 6.04 Å². The summed E-state index contributed by atoms with van der Waals surface area (Å²) in [5.41, 5.74) is 2.07. The molecule has 1 heterocycles. The molecule has 5 nitrogen and oxygen atoms in total. The van der Waals surface area contributed by atoms with Crippen molar-refractivity contribution in [2.45, 2.75) is 52.0 Å². The van der Waals surface area contributed by atoms with Crippen LogP contribution in [0.5, 0.6) is 5.75 Å². The Hall–Kier alpha value is -2.30. The van der Waals surface area contributed by atoms with Crippen molar-refractivity contribution < 1.29 is 14.3 Å². The second kappa shape index (κ2) is 9.07. The molecule has 1 aromatic carbocycles. The third-order valence-corrected chi connectivity index (χ3v) is 5.41. The van der Waals surface area contributed by atoms with Crippen molar-refractivity contribution >= 4 is 11.8 Å². The predicted octanol–water partition coefficient (Wildman–Crippen LogP) is 3.61. The van der Waals surface area contributed by atoms with E-state index in [-0.39, 0.29) is 24.5 Å². The molecule has 0 radical (unpaired) electrons. The predicted molar refractivity (Wildman–Crippen MR) is 105 cm³/mol. The Morgan fingerprint density at radius 2 is 1.96 bits per heavy atom. The van der Waals surface area contributed by atoms with E-state index < -0.39 is 0 Å². The minimum Gasteiger partial charge on any atom is -0.483 e. The molecule has 1 aromatic rings. The topological polar surface area (TPSA) is 58.6 Å². The third-order valence-electron chi connectivity index (χ3n) is 5.41. The Morgan fingerprint density at radius 3 is 2.63 bits per heavy atom. The number of carbonyl (C=O) groups excluding carboxylic acids is 2. The Kier molecular flexibility index (Phi) is 6.54. The van der Waals surface area contributed by atoms with Crippen LogP contribution in [0.1, 0.15) is 57.6 Å². The molecule has 0 unspecified atom stereocenters. The van der Waals surface area contributed by atoms with Gasteiger partial charge in [-0.1, -0.05) is 30.7 Å². The Labute approximate surface area is 161 Å². The van der Waals surface area contributed by atoms with E-state index in [1.807, 2.05) is 43.0 Å². The van der Waals surface area contributed by atoms with E-state index in [4.69, 9.17) is 4.74 Å². The van der Waals surface area contributed by atoms with Gasteiger partial charge in [0.25, 0.3) is 5.91 Å². The molecule has 1 aliphatic heterocycles. The molecular formula is C22H30N2O3. The van der Waals surface area contributed by atoms with Gasteiger partial charge in [-0.15, -0.1) is 0 Å². The number of rotatable bonds is 8. The van der Waals surface area contributed by atoms with Crippen LogP contribution in [0.25, 0.3) is 0 Å². The van der Waals surface area contributed by atoms with Crippen LogP contribution in [0.3, 0.4) is 0 Å². The van der Waals surface area contributed by atoms with E-state index in [0.29, 0.717) is 11.7 Å². The first-order valence-corrected chi connectivity index (χ1v) is 10.1. The highest BCUT2D eigenvalue weighted by Gasteiger charge is 2.24. The highest BCUT2D eigenvalue weighted by atomic mass is 16.5. The minimum atomic E-state index is -0.140. The summed E-state index contributed by atoms with van der Waals surface area (Å²) in [4.78, 5) is 26.5. The van der Waals surface area contributed by atoms with Crippen LogP contribution in [0, 0.1) is 5.92 Å². The quantitative estimate of drug-likeness (QED) is 0.711. The number of hydrogen-bond acceptors (Lipinski definition) is 3. The highest BCUT2D eigenvalue weighted by Crippen LogP contribution is 2.36. The summed E-state index contributed by atoms with van der Waals surface area (Å²) in [5.74, 6) is 1.22. The molecule has 5 heteroatoms. The van der Waals surface area contributed by atoms with Gasteiger partial charge < -0.3 is 15.0 Å². The van der Waals surface area contributed by atoms with Crippen molar-refractivity contribution in [1.29, 1.82) is 0 Å². The Balaban J connectivity index is 1.64. The molecule has 1 saturated heterocycles. The van der Waals surface area contributed by atoms with Crippen LogP contribution in [0.4, 0.5) is 0 Å². The Bertz CT molecular complexity index is 703. The summed E-state index contributed by atoms with van der Waals surface area (Å²) in [7, 11) is 0. The van der Waals surface area contributed by atoms with Crippen molar-refractivity contribution in [3.8, 4) is 5.75 Å². The van der Waals surface area contributed by atoms with E-state index in [9.17, 15) is 9.59 Å². The summed E-state index contributed by atoms with van der Waals surface area (Å²) in [6.45, 7) is 5.75. The van der Waals surface area contributed by atoms with E-state index in [0.717, 1.165) is 43.5 Å². The van der Waals surface area contributed by atoms with Crippen molar-refractivity contribution in [3.63, 3.8) is 0 Å². The zero-order chi connectivity index (χ0) is 19.2. The number of nitrogens with one attached hydrogen (secondary N) is 1. The number of carbonyl (C=O) groups is 2. The third kappa shape index (κ3) is 5.34. The molecule has 3 rings (SSSR count). The van der Waals surface area contributed by atoms with Gasteiger partial charge in [-0.05, 0) is 51.0 Å². The van der Waals surface area contributed by atoms with E-state index in [1.54, 1.807) is 6.08 Å². The monoisotopic (exact) mass is 370 g/mol. The number of likely N-dealkylation sites (tertiary alicyclic amines) is 1. The normalized spacial score (nSPS) is 18.3. The fraction of sp³-hybridized carbons (Fsp3) is 0.545. The fourth-order valence-corrected chi connectivity index (χ4v) is 3.57. The van der Waals surface area contributed by atoms with Crippen molar-refractivity contribution in [3.05, 3.63) is 41.5 Å². The maximum atomic E-state index is 12.4. The summed E-state index contributed by atoms with van der Waals surface area (Å²) in [6.07, 6.45) is 6.99. The molecule has 0 aromatic heterocycles.